The minimum Gasteiger partial charge on any atom is -0.344 e. The second kappa shape index (κ2) is 6.79. The van der Waals surface area contributed by atoms with Gasteiger partial charge in [0, 0.05) is 29.7 Å². The molecule has 3 aromatic heterocycles. The Hall–Kier alpha value is -3.28. The zero-order chi connectivity index (χ0) is 19.0. The molecule has 0 saturated heterocycles. The molecule has 0 spiro atoms. The molecule has 0 saturated carbocycles. The number of imidazole rings is 1. The first-order valence-electron chi connectivity index (χ1n) is 9.04. The zero-order valence-corrected chi connectivity index (χ0v) is 15.6. The van der Waals surface area contributed by atoms with Gasteiger partial charge in [0.25, 0.3) is 5.91 Å². The van der Waals surface area contributed by atoms with Crippen LogP contribution in [-0.4, -0.2) is 25.3 Å². The van der Waals surface area contributed by atoms with E-state index >= 15 is 0 Å². The van der Waals surface area contributed by atoms with Crippen LogP contribution in [0.2, 0.25) is 0 Å². The second-order valence-corrected chi connectivity index (χ2v) is 6.71. The molecule has 0 aliphatic heterocycles. The number of nitrogens with zero attached hydrogens (tertiary/aromatic N) is 4. The molecule has 0 unspecified atom stereocenters. The number of fused-ring (bicyclic) bond motifs is 2. The fourth-order valence-corrected chi connectivity index (χ4v) is 3.35. The van der Waals surface area contributed by atoms with E-state index in [1.54, 1.807) is 6.20 Å². The number of rotatable bonds is 4. The number of amides is 1. The number of aryl methyl sites for hydroxylation is 2. The van der Waals surface area contributed by atoms with Crippen LogP contribution in [0.1, 0.15) is 46.7 Å². The van der Waals surface area contributed by atoms with Crippen LogP contribution in [0, 0.1) is 13.8 Å². The van der Waals surface area contributed by atoms with E-state index in [-0.39, 0.29) is 11.9 Å². The van der Waals surface area contributed by atoms with Gasteiger partial charge in [0.05, 0.1) is 22.8 Å². The highest BCUT2D eigenvalue weighted by atomic mass is 16.1. The maximum atomic E-state index is 13.1. The van der Waals surface area contributed by atoms with E-state index in [1.165, 1.54) is 0 Å². The number of carbonyl (C=O) groups excluding carboxylic acids is 1. The molecule has 0 bridgehead atoms. The van der Waals surface area contributed by atoms with E-state index < -0.39 is 0 Å². The van der Waals surface area contributed by atoms with Crippen LogP contribution in [-0.2, 0) is 0 Å². The Bertz CT molecular complexity index is 1110. The van der Waals surface area contributed by atoms with E-state index in [0.717, 1.165) is 34.3 Å². The molecule has 1 amide bonds. The molecule has 1 N–H and O–H groups in total. The van der Waals surface area contributed by atoms with Crippen molar-refractivity contribution < 1.29 is 4.79 Å². The molecule has 6 nitrogen and oxygen atoms in total. The largest absolute Gasteiger partial charge is 0.344 e. The number of hydrogen-bond acceptors (Lipinski definition) is 4. The van der Waals surface area contributed by atoms with E-state index in [9.17, 15) is 4.79 Å². The number of benzene rings is 1. The fraction of sp³-hybridized carbons (Fsp3) is 0.238. The minimum atomic E-state index is -0.187. The van der Waals surface area contributed by atoms with Crippen molar-refractivity contribution in [1.29, 1.82) is 0 Å². The molecule has 6 heteroatoms. The number of pyridine rings is 1. The van der Waals surface area contributed by atoms with Gasteiger partial charge in [-0.25, -0.2) is 9.97 Å². The van der Waals surface area contributed by atoms with Gasteiger partial charge in [-0.1, -0.05) is 25.1 Å². The van der Waals surface area contributed by atoms with Crippen molar-refractivity contribution in [2.24, 2.45) is 0 Å². The van der Waals surface area contributed by atoms with Crippen LogP contribution in [0.3, 0.4) is 0 Å². The van der Waals surface area contributed by atoms with Crippen molar-refractivity contribution >= 4 is 22.6 Å². The van der Waals surface area contributed by atoms with E-state index in [0.29, 0.717) is 11.3 Å². The first kappa shape index (κ1) is 17.1. The van der Waals surface area contributed by atoms with Gasteiger partial charge in [-0.3, -0.25) is 14.2 Å². The minimum absolute atomic E-state index is 0.118. The maximum Gasteiger partial charge on any atom is 0.252 e. The maximum absolute atomic E-state index is 13.1. The summed E-state index contributed by atoms with van der Waals surface area (Å²) in [6.45, 7) is 5.95. The molecule has 0 aliphatic rings. The summed E-state index contributed by atoms with van der Waals surface area (Å²) in [5.74, 6) is 0.508. The highest BCUT2D eigenvalue weighted by Gasteiger charge is 2.19. The number of hydrogen-bond donors (Lipinski definition) is 1. The van der Waals surface area contributed by atoms with Gasteiger partial charge >= 0.3 is 0 Å². The Kier molecular flexibility index (Phi) is 4.32. The van der Waals surface area contributed by atoms with Crippen molar-refractivity contribution in [3.8, 4) is 0 Å². The van der Waals surface area contributed by atoms with Crippen LogP contribution in [0.5, 0.6) is 0 Å². The molecule has 27 heavy (non-hydrogen) atoms. The van der Waals surface area contributed by atoms with E-state index in [4.69, 9.17) is 0 Å². The highest BCUT2D eigenvalue weighted by molar-refractivity contribution is 6.06. The fourth-order valence-electron chi connectivity index (χ4n) is 3.35. The summed E-state index contributed by atoms with van der Waals surface area (Å²) in [5, 5.41) is 3.99. The van der Waals surface area contributed by atoms with Crippen LogP contribution >= 0.6 is 0 Å². The van der Waals surface area contributed by atoms with E-state index in [2.05, 4.69) is 20.3 Å². The molecule has 0 radical (unpaired) electrons. The summed E-state index contributed by atoms with van der Waals surface area (Å²) in [7, 11) is 0. The molecule has 1 atom stereocenters. The predicted octanol–water partition coefficient (Wildman–Crippen LogP) is 3.78. The standard InChI is InChI=1S/C21H21N5O/c1-4-17(18-12-26-10-6-9-22-21(26)25-18)24-20(27)16-11-14(3)23-19-13(2)7-5-8-15(16)19/h5-12,17H,4H2,1-3H3,(H,24,27)/t17-/m0/s1. The second-order valence-electron chi connectivity index (χ2n) is 6.71. The van der Waals surface area contributed by atoms with Gasteiger partial charge < -0.3 is 5.32 Å². The lowest BCUT2D eigenvalue weighted by molar-refractivity contribution is 0.0936. The Morgan fingerprint density at radius 3 is 2.85 bits per heavy atom. The molecule has 1 aromatic carbocycles. The zero-order valence-electron chi connectivity index (χ0n) is 15.6. The van der Waals surface area contributed by atoms with Gasteiger partial charge in [-0.05, 0) is 38.0 Å². The van der Waals surface area contributed by atoms with Crippen LogP contribution in [0.4, 0.5) is 0 Å². The van der Waals surface area contributed by atoms with Gasteiger partial charge in [0.1, 0.15) is 0 Å². The number of carbonyl (C=O) groups is 1. The van der Waals surface area contributed by atoms with Gasteiger partial charge in [0.15, 0.2) is 0 Å². The van der Waals surface area contributed by atoms with Crippen molar-refractivity contribution in [1.82, 2.24) is 24.7 Å². The Balaban J connectivity index is 1.70. The smallest absolute Gasteiger partial charge is 0.252 e. The highest BCUT2D eigenvalue weighted by Crippen LogP contribution is 2.23. The molecule has 0 fully saturated rings. The summed E-state index contributed by atoms with van der Waals surface area (Å²) in [6.07, 6.45) is 6.25. The summed E-state index contributed by atoms with van der Waals surface area (Å²) in [4.78, 5) is 26.5. The SMILES string of the molecule is CC[C@H](NC(=O)c1cc(C)nc2c(C)cccc12)c1cn2cccnc2n1. The van der Waals surface area contributed by atoms with Gasteiger partial charge in [-0.15, -0.1) is 0 Å². The van der Waals surface area contributed by atoms with Crippen molar-refractivity contribution in [2.45, 2.75) is 33.2 Å². The normalized spacial score (nSPS) is 12.4. The predicted molar refractivity (Wildman–Crippen MR) is 105 cm³/mol. The van der Waals surface area contributed by atoms with Crippen LogP contribution in [0.25, 0.3) is 16.7 Å². The Labute approximate surface area is 157 Å². The molecular formula is C21H21N5O. The summed E-state index contributed by atoms with van der Waals surface area (Å²) in [5.41, 5.74) is 4.20. The average Bonchev–Trinajstić information content (AvgIpc) is 3.10. The first-order valence-corrected chi connectivity index (χ1v) is 9.04. The third-order valence-corrected chi connectivity index (χ3v) is 4.74. The Morgan fingerprint density at radius 1 is 1.22 bits per heavy atom. The Morgan fingerprint density at radius 2 is 2.07 bits per heavy atom. The number of para-hydroxylation sites is 1. The van der Waals surface area contributed by atoms with Crippen LogP contribution < -0.4 is 5.32 Å². The number of nitrogens with one attached hydrogen (secondary N) is 1. The summed E-state index contributed by atoms with van der Waals surface area (Å²) in [6, 6.07) is 9.42. The molecule has 4 aromatic rings. The van der Waals surface area contributed by atoms with Gasteiger partial charge in [0.2, 0.25) is 5.78 Å². The topological polar surface area (TPSA) is 72.2 Å². The lowest BCUT2D eigenvalue weighted by Gasteiger charge is -2.16. The third kappa shape index (κ3) is 3.14. The summed E-state index contributed by atoms with van der Waals surface area (Å²) < 4.78 is 1.86. The van der Waals surface area contributed by atoms with Gasteiger partial charge in [-0.2, -0.15) is 0 Å². The number of aromatic nitrogens is 4. The van der Waals surface area contributed by atoms with E-state index in [1.807, 2.05) is 67.9 Å². The lowest BCUT2D eigenvalue weighted by atomic mass is 10.0. The first-order chi connectivity index (χ1) is 13.1. The third-order valence-electron chi connectivity index (χ3n) is 4.74. The van der Waals surface area contributed by atoms with Crippen molar-refractivity contribution in [3.05, 3.63) is 71.4 Å². The molecule has 4 rings (SSSR count). The lowest BCUT2D eigenvalue weighted by Crippen LogP contribution is -2.28. The monoisotopic (exact) mass is 359 g/mol. The quantitative estimate of drug-likeness (QED) is 0.602. The average molecular weight is 359 g/mol. The van der Waals surface area contributed by atoms with Crippen LogP contribution in [0.15, 0.2) is 48.9 Å². The molecule has 136 valence electrons. The molecule has 0 aliphatic carbocycles. The molecule has 3 heterocycles. The molecular weight excluding hydrogens is 338 g/mol. The van der Waals surface area contributed by atoms with Crippen molar-refractivity contribution in [2.75, 3.05) is 0 Å². The summed E-state index contributed by atoms with van der Waals surface area (Å²) >= 11 is 0. The van der Waals surface area contributed by atoms with Crippen molar-refractivity contribution in [3.63, 3.8) is 0 Å².